The third kappa shape index (κ3) is 2.75. The molecule has 0 aliphatic heterocycles. The van der Waals surface area contributed by atoms with Crippen LogP contribution in [-0.4, -0.2) is 6.04 Å². The van der Waals surface area contributed by atoms with Gasteiger partial charge in [0.15, 0.2) is 0 Å². The largest absolute Gasteiger partial charge is 0.311 e. The molecule has 0 aliphatic carbocycles. The first-order valence-corrected chi connectivity index (χ1v) is 4.21. The van der Waals surface area contributed by atoms with Crippen molar-refractivity contribution in [2.24, 2.45) is 0 Å². The third-order valence-electron chi connectivity index (χ3n) is 1.50. The van der Waals surface area contributed by atoms with Gasteiger partial charge in [-0.3, -0.25) is 0 Å². The van der Waals surface area contributed by atoms with E-state index in [9.17, 15) is 0 Å². The van der Waals surface area contributed by atoms with Gasteiger partial charge in [-0.1, -0.05) is 22.5 Å². The fourth-order valence-electron chi connectivity index (χ4n) is 0.832. The first-order valence-electron chi connectivity index (χ1n) is 4.21. The Balaban J connectivity index is 2.79. The van der Waals surface area contributed by atoms with Crippen molar-refractivity contribution in [1.82, 2.24) is 0 Å². The molecular formula is C11H14N+. The van der Waals surface area contributed by atoms with Gasteiger partial charge >= 0.3 is 6.07 Å². The lowest BCUT2D eigenvalue weighted by molar-refractivity contribution is 0.977. The molecule has 1 aromatic rings. The Bertz CT molecular complexity index is 298. The van der Waals surface area contributed by atoms with E-state index in [0.29, 0.717) is 6.04 Å². The lowest BCUT2D eigenvalue weighted by Crippen LogP contribution is -1.82. The summed E-state index contributed by atoms with van der Waals surface area (Å²) in [5.74, 6) is 0. The Labute approximate surface area is 73.9 Å². The Morgan fingerprint density at radius 2 is 1.75 bits per heavy atom. The van der Waals surface area contributed by atoms with Gasteiger partial charge in [-0.2, -0.15) is 0 Å². The number of benzene rings is 1. The molecule has 12 heavy (non-hydrogen) atoms. The van der Waals surface area contributed by atoms with E-state index in [-0.39, 0.29) is 0 Å². The summed E-state index contributed by atoms with van der Waals surface area (Å²) in [5.41, 5.74) is 2.32. The van der Waals surface area contributed by atoms with Gasteiger partial charge in [0.05, 0.1) is 0 Å². The smallest absolute Gasteiger partial charge is 0.0754 e. The molecule has 0 unspecified atom stereocenters. The van der Waals surface area contributed by atoms with Crippen molar-refractivity contribution in [3.05, 3.63) is 40.2 Å². The minimum absolute atomic E-state index is 0.325. The molecule has 0 amide bonds. The quantitative estimate of drug-likeness (QED) is 0.549. The van der Waals surface area contributed by atoms with Crippen molar-refractivity contribution in [2.45, 2.75) is 26.8 Å². The van der Waals surface area contributed by atoms with Crippen molar-refractivity contribution in [2.75, 3.05) is 0 Å². The zero-order valence-corrected chi connectivity index (χ0v) is 7.83. The van der Waals surface area contributed by atoms with E-state index < -0.39 is 0 Å². The normalized spacial score (nSPS) is 9.33. The van der Waals surface area contributed by atoms with Gasteiger partial charge in [0.2, 0.25) is 0 Å². The van der Waals surface area contributed by atoms with Gasteiger partial charge in [-0.15, -0.1) is 0 Å². The second kappa shape index (κ2) is 3.92. The Hall–Kier alpha value is -1.29. The van der Waals surface area contributed by atoms with Crippen LogP contribution in [0, 0.1) is 13.0 Å². The number of aryl methyl sites for hydroxylation is 1. The summed E-state index contributed by atoms with van der Waals surface area (Å²) in [6, 6.07) is 11.5. The maximum absolute atomic E-state index is 4.17. The number of hydrogen-bond donors (Lipinski definition) is 0. The molecule has 1 heteroatoms. The van der Waals surface area contributed by atoms with Crippen LogP contribution in [0.2, 0.25) is 0 Å². The van der Waals surface area contributed by atoms with Crippen LogP contribution in [0.1, 0.15) is 25.0 Å². The highest BCUT2D eigenvalue weighted by atomic mass is 14.7. The maximum atomic E-state index is 4.17. The van der Waals surface area contributed by atoms with Crippen LogP contribution < -0.4 is 0 Å². The fraction of sp³-hybridized carbons (Fsp3) is 0.364. The fourth-order valence-corrected chi connectivity index (χ4v) is 0.832. The molecule has 0 saturated heterocycles. The van der Waals surface area contributed by atoms with E-state index >= 15 is 0 Å². The number of rotatable bonds is 0. The summed E-state index contributed by atoms with van der Waals surface area (Å²) in [4.78, 5) is 4.17. The molecule has 1 nitrogen and oxygen atoms in total. The van der Waals surface area contributed by atoms with Crippen LogP contribution in [0.15, 0.2) is 24.3 Å². The molecule has 0 N–H and O–H groups in total. The average molecular weight is 160 g/mol. The van der Waals surface area contributed by atoms with Crippen LogP contribution in [-0.2, 0) is 0 Å². The molecular weight excluding hydrogens is 146 g/mol. The lowest BCUT2D eigenvalue weighted by atomic mass is 10.2. The highest BCUT2D eigenvalue weighted by molar-refractivity contribution is 5.33. The number of hydrogen-bond acceptors (Lipinski definition) is 0. The van der Waals surface area contributed by atoms with Crippen molar-refractivity contribution < 1.29 is 0 Å². The predicted octanol–water partition coefficient (Wildman–Crippen LogP) is 3.08. The van der Waals surface area contributed by atoms with Crippen LogP contribution in [0.3, 0.4) is 0 Å². The van der Waals surface area contributed by atoms with Gasteiger partial charge in [0, 0.05) is 13.8 Å². The molecule has 0 heterocycles. The van der Waals surface area contributed by atoms with Gasteiger partial charge in [-0.25, -0.2) is 0 Å². The summed E-state index contributed by atoms with van der Waals surface area (Å²) in [5, 5.41) is 0. The van der Waals surface area contributed by atoms with E-state index in [2.05, 4.69) is 30.0 Å². The molecule has 0 saturated carbocycles. The van der Waals surface area contributed by atoms with Gasteiger partial charge < -0.3 is 0 Å². The van der Waals surface area contributed by atoms with Gasteiger partial charge in [0.1, 0.15) is 5.56 Å². The summed E-state index contributed by atoms with van der Waals surface area (Å²) < 4.78 is 0. The summed E-state index contributed by atoms with van der Waals surface area (Å²) >= 11 is 0. The van der Waals surface area contributed by atoms with E-state index in [1.54, 1.807) is 0 Å². The molecule has 0 spiro atoms. The first kappa shape index (κ1) is 8.80. The monoisotopic (exact) mass is 160 g/mol. The number of nitrogens with zero attached hydrogens (tertiary/aromatic N) is 1. The molecule has 62 valence electrons. The molecule has 0 atom stereocenters. The summed E-state index contributed by atoms with van der Waals surface area (Å²) in [6.07, 6.45) is 0. The standard InChI is InChI=1S/C11H14N/c1-9(2)12-8-11-6-4-10(3)5-7-11/h4-7,9H,1-3H3/q+1. The zero-order chi connectivity index (χ0) is 8.97. The van der Waals surface area contributed by atoms with Crippen molar-refractivity contribution in [1.29, 1.82) is 0 Å². The topological polar surface area (TPSA) is 4.36 Å². The van der Waals surface area contributed by atoms with E-state index in [0.717, 1.165) is 5.56 Å². The minimum atomic E-state index is 0.325. The Morgan fingerprint density at radius 3 is 2.25 bits per heavy atom. The second-order valence-corrected chi connectivity index (χ2v) is 3.20. The van der Waals surface area contributed by atoms with Gasteiger partial charge in [-0.05, 0) is 19.1 Å². The first-order chi connectivity index (χ1) is 5.68. The third-order valence-corrected chi connectivity index (χ3v) is 1.50. The van der Waals surface area contributed by atoms with Crippen molar-refractivity contribution in [3.8, 4) is 6.07 Å². The lowest BCUT2D eigenvalue weighted by Gasteiger charge is -1.87. The molecule has 0 aromatic heterocycles. The summed E-state index contributed by atoms with van der Waals surface area (Å²) in [6.45, 7) is 6.16. The van der Waals surface area contributed by atoms with Gasteiger partial charge in [0.25, 0.3) is 6.04 Å². The zero-order valence-electron chi connectivity index (χ0n) is 7.83. The van der Waals surface area contributed by atoms with Crippen molar-refractivity contribution >= 4 is 0 Å². The molecule has 0 radical (unpaired) electrons. The molecule has 1 aromatic carbocycles. The molecule has 1 rings (SSSR count). The summed E-state index contributed by atoms with van der Waals surface area (Å²) in [7, 11) is 0. The van der Waals surface area contributed by atoms with Crippen LogP contribution in [0.4, 0.5) is 0 Å². The maximum Gasteiger partial charge on any atom is 0.311 e. The highest BCUT2D eigenvalue weighted by Gasteiger charge is 1.98. The Morgan fingerprint density at radius 1 is 1.17 bits per heavy atom. The highest BCUT2D eigenvalue weighted by Crippen LogP contribution is 2.01. The molecule has 0 fully saturated rings. The Kier molecular flexibility index (Phi) is 2.88. The average Bonchev–Trinajstić information content (AvgIpc) is 2.03. The van der Waals surface area contributed by atoms with Crippen LogP contribution >= 0.6 is 0 Å². The van der Waals surface area contributed by atoms with E-state index in [4.69, 9.17) is 0 Å². The van der Waals surface area contributed by atoms with Crippen LogP contribution in [0.5, 0.6) is 0 Å². The predicted molar refractivity (Wildman–Crippen MR) is 52.7 cm³/mol. The van der Waals surface area contributed by atoms with E-state index in [1.165, 1.54) is 5.56 Å². The van der Waals surface area contributed by atoms with E-state index in [1.807, 2.05) is 26.0 Å². The molecule has 0 aliphatic rings. The second-order valence-electron chi connectivity index (χ2n) is 3.20. The minimum Gasteiger partial charge on any atom is -0.0754 e. The van der Waals surface area contributed by atoms with Crippen molar-refractivity contribution in [3.63, 3.8) is 0 Å². The molecule has 0 bridgehead atoms. The SMILES string of the molecule is Cc1ccc(C#[N+]C(C)C)cc1. The van der Waals surface area contributed by atoms with Crippen LogP contribution in [0.25, 0.3) is 4.85 Å².